The number of nitrogens with one attached hydrogen (secondary N) is 1. The van der Waals surface area contributed by atoms with E-state index >= 15 is 0 Å². The van der Waals surface area contributed by atoms with Crippen LogP contribution in [0.1, 0.15) is 17.3 Å². The lowest BCUT2D eigenvalue weighted by Gasteiger charge is -2.30. The van der Waals surface area contributed by atoms with Crippen LogP contribution >= 0.6 is 0 Å². The van der Waals surface area contributed by atoms with Gasteiger partial charge in [0.2, 0.25) is 11.8 Å². The van der Waals surface area contributed by atoms with E-state index in [0.717, 1.165) is 37.6 Å². The van der Waals surface area contributed by atoms with Crippen LogP contribution in [0.25, 0.3) is 0 Å². The SMILES string of the molecule is c1ccc(Cc2nnc(CNc3ccccc3N3CCOCC3)o2)cc1. The number of benzene rings is 2. The van der Waals surface area contributed by atoms with Gasteiger partial charge in [-0.25, -0.2) is 0 Å². The maximum absolute atomic E-state index is 5.78. The summed E-state index contributed by atoms with van der Waals surface area (Å²) in [5.74, 6) is 1.22. The Morgan fingerprint density at radius 1 is 0.885 bits per heavy atom. The molecule has 0 amide bonds. The zero-order valence-corrected chi connectivity index (χ0v) is 14.6. The normalized spacial score (nSPS) is 14.4. The van der Waals surface area contributed by atoms with Crippen LogP contribution in [-0.2, 0) is 17.7 Å². The van der Waals surface area contributed by atoms with Crippen molar-refractivity contribution in [3.63, 3.8) is 0 Å². The summed E-state index contributed by atoms with van der Waals surface area (Å²) in [6.45, 7) is 3.84. The lowest BCUT2D eigenvalue weighted by Crippen LogP contribution is -2.36. The summed E-state index contributed by atoms with van der Waals surface area (Å²) in [6, 6.07) is 18.4. The molecule has 0 unspecified atom stereocenters. The average molecular weight is 350 g/mol. The van der Waals surface area contributed by atoms with Gasteiger partial charge in [0.15, 0.2) is 0 Å². The Morgan fingerprint density at radius 3 is 2.46 bits per heavy atom. The largest absolute Gasteiger partial charge is 0.423 e. The van der Waals surface area contributed by atoms with Crippen molar-refractivity contribution in [3.05, 3.63) is 71.9 Å². The van der Waals surface area contributed by atoms with Gasteiger partial charge in [-0.15, -0.1) is 10.2 Å². The predicted octanol–water partition coefficient (Wildman–Crippen LogP) is 3.11. The molecule has 1 fully saturated rings. The molecule has 4 rings (SSSR count). The standard InChI is InChI=1S/C20H22N4O2/c1-2-6-16(7-3-1)14-19-22-23-20(26-19)15-21-17-8-4-5-9-18(17)24-10-12-25-13-11-24/h1-9,21H,10-15H2. The summed E-state index contributed by atoms with van der Waals surface area (Å²) in [7, 11) is 0. The Bertz CT molecular complexity index is 829. The minimum Gasteiger partial charge on any atom is -0.423 e. The van der Waals surface area contributed by atoms with Gasteiger partial charge in [0, 0.05) is 13.1 Å². The number of hydrogen-bond donors (Lipinski definition) is 1. The van der Waals surface area contributed by atoms with E-state index in [9.17, 15) is 0 Å². The number of morpholine rings is 1. The van der Waals surface area contributed by atoms with Gasteiger partial charge in [-0.2, -0.15) is 0 Å². The molecule has 1 aliphatic rings. The monoisotopic (exact) mass is 350 g/mol. The van der Waals surface area contributed by atoms with Crippen LogP contribution in [0, 0.1) is 0 Å². The van der Waals surface area contributed by atoms with Crippen LogP contribution in [0.2, 0.25) is 0 Å². The summed E-state index contributed by atoms with van der Waals surface area (Å²) in [5, 5.41) is 11.7. The number of nitrogens with zero attached hydrogens (tertiary/aromatic N) is 3. The molecular weight excluding hydrogens is 328 g/mol. The highest BCUT2D eigenvalue weighted by molar-refractivity contribution is 5.70. The van der Waals surface area contributed by atoms with Crippen LogP contribution in [-0.4, -0.2) is 36.5 Å². The van der Waals surface area contributed by atoms with E-state index in [4.69, 9.17) is 9.15 Å². The fraction of sp³-hybridized carbons (Fsp3) is 0.300. The molecule has 0 bridgehead atoms. The van der Waals surface area contributed by atoms with Crippen molar-refractivity contribution >= 4 is 11.4 Å². The Balaban J connectivity index is 1.40. The van der Waals surface area contributed by atoms with E-state index in [1.165, 1.54) is 5.69 Å². The highest BCUT2D eigenvalue weighted by Gasteiger charge is 2.15. The molecule has 26 heavy (non-hydrogen) atoms. The maximum Gasteiger partial charge on any atom is 0.235 e. The molecule has 6 nitrogen and oxygen atoms in total. The van der Waals surface area contributed by atoms with E-state index in [-0.39, 0.29) is 0 Å². The van der Waals surface area contributed by atoms with Gasteiger partial charge < -0.3 is 19.4 Å². The second-order valence-electron chi connectivity index (χ2n) is 6.22. The second kappa shape index (κ2) is 8.01. The number of ether oxygens (including phenoxy) is 1. The van der Waals surface area contributed by atoms with Crippen molar-refractivity contribution < 1.29 is 9.15 Å². The first-order chi connectivity index (χ1) is 12.9. The first-order valence-corrected chi connectivity index (χ1v) is 8.89. The average Bonchev–Trinajstić information content (AvgIpc) is 3.15. The van der Waals surface area contributed by atoms with Crippen LogP contribution in [0.5, 0.6) is 0 Å². The van der Waals surface area contributed by atoms with Crippen LogP contribution in [0.3, 0.4) is 0 Å². The van der Waals surface area contributed by atoms with Gasteiger partial charge >= 0.3 is 0 Å². The molecule has 3 aromatic rings. The van der Waals surface area contributed by atoms with Gasteiger partial charge in [0.1, 0.15) is 0 Å². The van der Waals surface area contributed by atoms with Crippen LogP contribution in [0.15, 0.2) is 59.0 Å². The van der Waals surface area contributed by atoms with Crippen LogP contribution in [0.4, 0.5) is 11.4 Å². The number of anilines is 2. The Hall–Kier alpha value is -2.86. The van der Waals surface area contributed by atoms with E-state index < -0.39 is 0 Å². The number of para-hydroxylation sites is 2. The zero-order chi connectivity index (χ0) is 17.6. The third-order valence-electron chi connectivity index (χ3n) is 4.39. The van der Waals surface area contributed by atoms with Crippen molar-refractivity contribution in [1.29, 1.82) is 0 Å². The lowest BCUT2D eigenvalue weighted by molar-refractivity contribution is 0.123. The minimum atomic E-state index is 0.503. The molecule has 1 N–H and O–H groups in total. The molecule has 0 spiro atoms. The molecule has 1 aliphatic heterocycles. The smallest absolute Gasteiger partial charge is 0.235 e. The fourth-order valence-corrected chi connectivity index (χ4v) is 3.08. The molecular formula is C20H22N4O2. The highest BCUT2D eigenvalue weighted by atomic mass is 16.5. The Labute approximate surface area is 152 Å². The molecule has 2 aromatic carbocycles. The number of rotatable bonds is 6. The van der Waals surface area contributed by atoms with Crippen LogP contribution < -0.4 is 10.2 Å². The highest BCUT2D eigenvalue weighted by Crippen LogP contribution is 2.26. The summed E-state index contributed by atoms with van der Waals surface area (Å²) in [5.41, 5.74) is 3.41. The predicted molar refractivity (Wildman–Crippen MR) is 100 cm³/mol. The number of hydrogen-bond acceptors (Lipinski definition) is 6. The Kier molecular flexibility index (Phi) is 5.12. The molecule has 6 heteroatoms. The van der Waals surface area contributed by atoms with E-state index in [1.807, 2.05) is 24.3 Å². The summed E-state index contributed by atoms with van der Waals surface area (Å²) in [6.07, 6.45) is 0.651. The molecule has 0 saturated carbocycles. The first-order valence-electron chi connectivity index (χ1n) is 8.89. The molecule has 2 heterocycles. The minimum absolute atomic E-state index is 0.503. The molecule has 1 saturated heterocycles. The summed E-state index contributed by atoms with van der Waals surface area (Å²) >= 11 is 0. The van der Waals surface area contributed by atoms with Gasteiger partial charge in [-0.05, 0) is 17.7 Å². The molecule has 0 atom stereocenters. The van der Waals surface area contributed by atoms with Gasteiger partial charge in [0.05, 0.1) is 37.6 Å². The van der Waals surface area contributed by atoms with Crippen molar-refractivity contribution in [3.8, 4) is 0 Å². The van der Waals surface area contributed by atoms with Crippen molar-refractivity contribution in [2.24, 2.45) is 0 Å². The zero-order valence-electron chi connectivity index (χ0n) is 14.6. The van der Waals surface area contributed by atoms with E-state index in [1.54, 1.807) is 0 Å². The Morgan fingerprint density at radius 2 is 1.62 bits per heavy atom. The van der Waals surface area contributed by atoms with Gasteiger partial charge in [-0.1, -0.05) is 42.5 Å². The molecule has 134 valence electrons. The van der Waals surface area contributed by atoms with Gasteiger partial charge in [0.25, 0.3) is 0 Å². The third kappa shape index (κ3) is 4.03. The quantitative estimate of drug-likeness (QED) is 0.737. The van der Waals surface area contributed by atoms with Crippen molar-refractivity contribution in [2.45, 2.75) is 13.0 Å². The van der Waals surface area contributed by atoms with Crippen molar-refractivity contribution in [2.75, 3.05) is 36.5 Å². The first kappa shape index (κ1) is 16.6. The lowest BCUT2D eigenvalue weighted by atomic mass is 10.2. The maximum atomic E-state index is 5.78. The van der Waals surface area contributed by atoms with E-state index in [0.29, 0.717) is 24.7 Å². The van der Waals surface area contributed by atoms with Crippen molar-refractivity contribution in [1.82, 2.24) is 10.2 Å². The number of aromatic nitrogens is 2. The molecule has 1 aromatic heterocycles. The van der Waals surface area contributed by atoms with Gasteiger partial charge in [-0.3, -0.25) is 0 Å². The molecule has 0 radical (unpaired) electrons. The summed E-state index contributed by atoms with van der Waals surface area (Å²) < 4.78 is 11.2. The third-order valence-corrected chi connectivity index (χ3v) is 4.39. The molecule has 0 aliphatic carbocycles. The van der Waals surface area contributed by atoms with E-state index in [2.05, 4.69) is 50.7 Å². The fourth-order valence-electron chi connectivity index (χ4n) is 3.08. The second-order valence-corrected chi connectivity index (χ2v) is 6.22. The summed E-state index contributed by atoms with van der Waals surface area (Å²) in [4.78, 5) is 2.33. The topological polar surface area (TPSA) is 63.4 Å².